The zero-order valence-electron chi connectivity index (χ0n) is 13.5. The molecular formula is C16H24N4O2S. The van der Waals surface area contributed by atoms with E-state index in [9.17, 15) is 9.00 Å². The van der Waals surface area contributed by atoms with E-state index in [4.69, 9.17) is 0 Å². The van der Waals surface area contributed by atoms with Gasteiger partial charge in [-0.25, -0.2) is 9.78 Å². The summed E-state index contributed by atoms with van der Waals surface area (Å²) >= 11 is 0. The number of hydrogen-bond donors (Lipinski definition) is 1. The zero-order chi connectivity index (χ0) is 16.2. The molecule has 7 heteroatoms. The third-order valence-corrected chi connectivity index (χ3v) is 5.89. The highest BCUT2D eigenvalue weighted by Gasteiger charge is 2.24. The molecular weight excluding hydrogens is 312 g/mol. The molecule has 1 N–H and O–H groups in total. The normalized spacial score (nSPS) is 25.3. The summed E-state index contributed by atoms with van der Waals surface area (Å²) in [4.78, 5) is 21.0. The van der Waals surface area contributed by atoms with Gasteiger partial charge < -0.3 is 15.1 Å². The molecule has 0 unspecified atom stereocenters. The van der Waals surface area contributed by atoms with Gasteiger partial charge in [0.25, 0.3) is 0 Å². The van der Waals surface area contributed by atoms with Crippen molar-refractivity contribution in [1.29, 1.82) is 0 Å². The fourth-order valence-corrected chi connectivity index (χ4v) is 4.52. The molecule has 2 aliphatic rings. The van der Waals surface area contributed by atoms with Gasteiger partial charge in [0, 0.05) is 54.7 Å². The van der Waals surface area contributed by atoms with Gasteiger partial charge in [0.2, 0.25) is 0 Å². The molecule has 0 aliphatic carbocycles. The molecule has 3 rings (SSSR count). The van der Waals surface area contributed by atoms with Crippen LogP contribution in [-0.2, 0) is 10.8 Å². The largest absolute Gasteiger partial charge is 0.355 e. The smallest absolute Gasteiger partial charge is 0.321 e. The second-order valence-electron chi connectivity index (χ2n) is 6.36. The maximum atomic E-state index is 12.6. The fraction of sp³-hybridized carbons (Fsp3) is 0.625. The van der Waals surface area contributed by atoms with Crippen LogP contribution >= 0.6 is 0 Å². The number of amides is 2. The maximum Gasteiger partial charge on any atom is 0.321 e. The predicted octanol–water partition coefficient (Wildman–Crippen LogP) is 1.91. The van der Waals surface area contributed by atoms with E-state index < -0.39 is 10.8 Å². The summed E-state index contributed by atoms with van der Waals surface area (Å²) in [5.41, 5.74) is 0.762. The lowest BCUT2D eigenvalue weighted by molar-refractivity contribution is 0.210. The molecule has 2 atom stereocenters. The average Bonchev–Trinajstić information content (AvgIpc) is 3.00. The Balaban J connectivity index is 1.71. The van der Waals surface area contributed by atoms with E-state index in [1.54, 1.807) is 11.1 Å². The number of carbonyl (C=O) groups is 1. The number of aromatic nitrogens is 1. The van der Waals surface area contributed by atoms with Crippen molar-refractivity contribution in [2.45, 2.75) is 19.8 Å². The monoisotopic (exact) mass is 336 g/mol. The lowest BCUT2D eigenvalue weighted by atomic mass is 10.2. The van der Waals surface area contributed by atoms with E-state index in [1.807, 2.05) is 19.1 Å². The topological polar surface area (TPSA) is 65.5 Å². The van der Waals surface area contributed by atoms with E-state index >= 15 is 0 Å². The molecule has 6 nitrogen and oxygen atoms in total. The van der Waals surface area contributed by atoms with Crippen LogP contribution in [0.15, 0.2) is 18.3 Å². The van der Waals surface area contributed by atoms with Crippen molar-refractivity contribution in [2.75, 3.05) is 47.9 Å². The second kappa shape index (κ2) is 7.29. The van der Waals surface area contributed by atoms with Crippen LogP contribution in [0.5, 0.6) is 0 Å². The Bertz CT molecular complexity index is 589. The summed E-state index contributed by atoms with van der Waals surface area (Å²) in [6.45, 7) is 5.21. The minimum absolute atomic E-state index is 0.121. The summed E-state index contributed by atoms with van der Waals surface area (Å²) in [5, 5.41) is 3.00. The van der Waals surface area contributed by atoms with Gasteiger partial charge in [-0.3, -0.25) is 4.21 Å². The first-order valence-corrected chi connectivity index (χ1v) is 9.73. The van der Waals surface area contributed by atoms with Gasteiger partial charge in [-0.1, -0.05) is 6.92 Å². The number of nitrogens with one attached hydrogen (secondary N) is 1. The van der Waals surface area contributed by atoms with Crippen LogP contribution in [0.4, 0.5) is 16.3 Å². The lowest BCUT2D eigenvalue weighted by Crippen LogP contribution is -2.38. The summed E-state index contributed by atoms with van der Waals surface area (Å²) in [6, 6.07) is 3.62. The van der Waals surface area contributed by atoms with Crippen molar-refractivity contribution in [3.05, 3.63) is 18.3 Å². The Labute approximate surface area is 139 Å². The van der Waals surface area contributed by atoms with Crippen molar-refractivity contribution in [3.63, 3.8) is 0 Å². The Kier molecular flexibility index (Phi) is 5.15. The summed E-state index contributed by atoms with van der Waals surface area (Å²) < 4.78 is 11.8. The van der Waals surface area contributed by atoms with E-state index in [0.717, 1.165) is 24.6 Å². The molecule has 1 aromatic heterocycles. The molecule has 0 saturated carbocycles. The van der Waals surface area contributed by atoms with E-state index in [1.165, 1.54) is 12.8 Å². The van der Waals surface area contributed by atoms with Crippen molar-refractivity contribution in [1.82, 2.24) is 9.88 Å². The molecule has 23 heavy (non-hydrogen) atoms. The number of rotatable bonds is 2. The zero-order valence-corrected chi connectivity index (χ0v) is 14.3. The van der Waals surface area contributed by atoms with Crippen LogP contribution in [0.25, 0.3) is 0 Å². The predicted molar refractivity (Wildman–Crippen MR) is 93.3 cm³/mol. The summed E-state index contributed by atoms with van der Waals surface area (Å²) in [7, 11) is -0.820. The number of nitrogens with zero attached hydrogens (tertiary/aromatic N) is 3. The Morgan fingerprint density at radius 2 is 2.13 bits per heavy atom. The highest BCUT2D eigenvalue weighted by molar-refractivity contribution is 7.85. The Hall–Kier alpha value is -1.63. The van der Waals surface area contributed by atoms with Crippen LogP contribution < -0.4 is 10.2 Å². The molecule has 2 saturated heterocycles. The van der Waals surface area contributed by atoms with Crippen LogP contribution in [0.2, 0.25) is 0 Å². The average molecular weight is 336 g/mol. The maximum absolute atomic E-state index is 12.6. The third-order valence-electron chi connectivity index (χ3n) is 4.31. The van der Waals surface area contributed by atoms with E-state index in [2.05, 4.69) is 15.2 Å². The number of urea groups is 1. The summed E-state index contributed by atoms with van der Waals surface area (Å²) in [6.07, 6.45) is 4.10. The lowest BCUT2D eigenvalue weighted by Gasteiger charge is -2.25. The van der Waals surface area contributed by atoms with Gasteiger partial charge in [0.05, 0.1) is 5.69 Å². The fourth-order valence-electron chi connectivity index (χ4n) is 3.19. The minimum Gasteiger partial charge on any atom is -0.355 e. The molecule has 126 valence electrons. The first-order chi connectivity index (χ1) is 11.1. The molecule has 3 heterocycles. The Morgan fingerprint density at radius 3 is 2.91 bits per heavy atom. The second-order valence-corrected chi connectivity index (χ2v) is 7.98. The minimum atomic E-state index is -0.820. The van der Waals surface area contributed by atoms with Crippen LogP contribution in [-0.4, -0.2) is 57.8 Å². The first kappa shape index (κ1) is 16.2. The van der Waals surface area contributed by atoms with Crippen molar-refractivity contribution in [3.8, 4) is 0 Å². The molecule has 2 amide bonds. The molecule has 0 bridgehead atoms. The van der Waals surface area contributed by atoms with Gasteiger partial charge in [-0.05, 0) is 30.9 Å². The molecule has 2 aliphatic heterocycles. The van der Waals surface area contributed by atoms with Gasteiger partial charge >= 0.3 is 6.03 Å². The van der Waals surface area contributed by atoms with Crippen molar-refractivity contribution in [2.24, 2.45) is 5.92 Å². The number of hydrogen-bond acceptors (Lipinski definition) is 4. The van der Waals surface area contributed by atoms with Gasteiger partial charge in [-0.15, -0.1) is 0 Å². The molecule has 0 aromatic carbocycles. The Morgan fingerprint density at radius 1 is 1.35 bits per heavy atom. The number of anilines is 2. The highest BCUT2D eigenvalue weighted by Crippen LogP contribution is 2.26. The quantitative estimate of drug-likeness (QED) is 0.896. The number of pyridine rings is 1. The highest BCUT2D eigenvalue weighted by atomic mass is 32.2. The van der Waals surface area contributed by atoms with Gasteiger partial charge in [0.15, 0.2) is 5.82 Å². The number of carbonyl (C=O) groups excluding carboxylic acids is 1. The molecule has 0 spiro atoms. The van der Waals surface area contributed by atoms with Crippen molar-refractivity contribution >= 4 is 28.3 Å². The van der Waals surface area contributed by atoms with Gasteiger partial charge in [-0.2, -0.15) is 0 Å². The van der Waals surface area contributed by atoms with E-state index in [0.29, 0.717) is 24.6 Å². The van der Waals surface area contributed by atoms with E-state index in [-0.39, 0.29) is 11.9 Å². The van der Waals surface area contributed by atoms with Crippen molar-refractivity contribution < 1.29 is 9.00 Å². The standard InChI is InChI=1S/C16H24N4O2S/c1-13-11-20(9-10-23(22)12-13)16(21)18-14-5-4-6-17-15(14)19-7-2-3-8-19/h4-6,13H,2-3,7-12H2,1H3,(H,18,21)/t13-,23+/m0/s1. The molecule has 1 aromatic rings. The molecule has 0 radical (unpaired) electrons. The van der Waals surface area contributed by atoms with Gasteiger partial charge in [0.1, 0.15) is 0 Å². The SMILES string of the molecule is C[C@H]1CN(C(=O)Nc2cccnc2N2CCCC2)CC[S@@](=O)C1. The van der Waals surface area contributed by atoms with Crippen LogP contribution in [0.1, 0.15) is 19.8 Å². The third kappa shape index (κ3) is 4.02. The summed E-state index contributed by atoms with van der Waals surface area (Å²) in [5.74, 6) is 2.35. The molecule has 2 fully saturated rings. The van der Waals surface area contributed by atoms with Crippen LogP contribution in [0.3, 0.4) is 0 Å². The first-order valence-electron chi connectivity index (χ1n) is 8.24. The van der Waals surface area contributed by atoms with Crippen LogP contribution in [0, 0.1) is 5.92 Å².